The van der Waals surface area contributed by atoms with E-state index in [1.165, 1.54) is 0 Å². The molecule has 0 aliphatic carbocycles. The van der Waals surface area contributed by atoms with Gasteiger partial charge in [0.25, 0.3) is 5.91 Å². The molecule has 0 saturated carbocycles. The number of aromatic nitrogens is 2. The van der Waals surface area contributed by atoms with Crippen LogP contribution in [0.4, 0.5) is 0 Å². The van der Waals surface area contributed by atoms with Gasteiger partial charge in [-0.3, -0.25) is 9.89 Å². The first-order chi connectivity index (χ1) is 9.65. The van der Waals surface area contributed by atoms with Crippen molar-refractivity contribution in [3.63, 3.8) is 0 Å². The predicted octanol–water partition coefficient (Wildman–Crippen LogP) is 2.57. The van der Waals surface area contributed by atoms with E-state index in [2.05, 4.69) is 31.4 Å². The van der Waals surface area contributed by atoms with Crippen molar-refractivity contribution >= 4 is 45.6 Å². The third-order valence-corrected chi connectivity index (χ3v) is 4.99. The molecular formula is C13H16BrClN4OS. The highest BCUT2D eigenvalue weighted by Crippen LogP contribution is 2.24. The summed E-state index contributed by atoms with van der Waals surface area (Å²) in [5.74, 6) is -0.0317. The second-order valence-corrected chi connectivity index (χ2v) is 7.37. The molecule has 0 unspecified atom stereocenters. The number of rotatable bonds is 3. The standard InChI is InChI=1S/C13H15BrN4OS.ClH/c1-18(7-8-2-3-11(14)20-8)13(19)12-9-6-15-5-4-10(9)16-17-12;/h2-3,15H,4-7H2,1H3,(H,16,17);1H. The summed E-state index contributed by atoms with van der Waals surface area (Å²) >= 11 is 5.08. The Hall–Kier alpha value is -0.890. The van der Waals surface area contributed by atoms with Crippen LogP contribution in [0.5, 0.6) is 0 Å². The number of carbonyl (C=O) groups excluding carboxylic acids is 1. The Labute approximate surface area is 141 Å². The van der Waals surface area contributed by atoms with Gasteiger partial charge in [-0.1, -0.05) is 0 Å². The molecule has 1 aliphatic rings. The summed E-state index contributed by atoms with van der Waals surface area (Å²) in [5, 5.41) is 10.5. The summed E-state index contributed by atoms with van der Waals surface area (Å²) in [6.45, 7) is 2.25. The molecule has 0 fully saturated rings. The van der Waals surface area contributed by atoms with E-state index in [0.29, 0.717) is 18.8 Å². The maximum Gasteiger partial charge on any atom is 0.274 e. The van der Waals surface area contributed by atoms with E-state index >= 15 is 0 Å². The van der Waals surface area contributed by atoms with Crippen LogP contribution in [0.15, 0.2) is 15.9 Å². The molecular weight excluding hydrogens is 376 g/mol. The van der Waals surface area contributed by atoms with Gasteiger partial charge in [0, 0.05) is 42.7 Å². The third-order valence-electron chi connectivity index (χ3n) is 3.38. The van der Waals surface area contributed by atoms with Gasteiger partial charge in [0.05, 0.1) is 10.3 Å². The van der Waals surface area contributed by atoms with Crippen LogP contribution in [0.2, 0.25) is 0 Å². The van der Waals surface area contributed by atoms with Crippen molar-refractivity contribution in [2.45, 2.75) is 19.5 Å². The zero-order valence-corrected chi connectivity index (χ0v) is 14.7. The lowest BCUT2D eigenvalue weighted by molar-refractivity contribution is 0.0779. The van der Waals surface area contributed by atoms with Crippen LogP contribution in [-0.4, -0.2) is 34.6 Å². The average Bonchev–Trinajstić information content (AvgIpc) is 3.04. The Morgan fingerprint density at radius 2 is 2.33 bits per heavy atom. The highest BCUT2D eigenvalue weighted by molar-refractivity contribution is 9.11. The smallest absolute Gasteiger partial charge is 0.274 e. The molecule has 2 aromatic heterocycles. The van der Waals surface area contributed by atoms with Crippen molar-refractivity contribution in [1.82, 2.24) is 20.4 Å². The topological polar surface area (TPSA) is 61.0 Å². The van der Waals surface area contributed by atoms with Crippen molar-refractivity contribution in [2.24, 2.45) is 0 Å². The van der Waals surface area contributed by atoms with E-state index in [-0.39, 0.29) is 18.3 Å². The van der Waals surface area contributed by atoms with Crippen LogP contribution < -0.4 is 5.32 Å². The number of hydrogen-bond acceptors (Lipinski definition) is 4. The molecule has 0 saturated heterocycles. The molecule has 114 valence electrons. The van der Waals surface area contributed by atoms with Crippen LogP contribution >= 0.6 is 39.7 Å². The number of halogens is 2. The second-order valence-electron chi connectivity index (χ2n) is 4.82. The van der Waals surface area contributed by atoms with Gasteiger partial charge < -0.3 is 10.2 Å². The van der Waals surface area contributed by atoms with Gasteiger partial charge in [0.2, 0.25) is 0 Å². The Morgan fingerprint density at radius 3 is 3.05 bits per heavy atom. The fourth-order valence-electron chi connectivity index (χ4n) is 2.33. The van der Waals surface area contributed by atoms with Gasteiger partial charge in [0.15, 0.2) is 5.69 Å². The van der Waals surface area contributed by atoms with Crippen LogP contribution in [0.1, 0.15) is 26.6 Å². The monoisotopic (exact) mass is 390 g/mol. The molecule has 0 radical (unpaired) electrons. The molecule has 3 rings (SSSR count). The molecule has 3 heterocycles. The zero-order valence-electron chi connectivity index (χ0n) is 11.5. The Kier molecular flexibility index (Phi) is 5.43. The van der Waals surface area contributed by atoms with E-state index in [1.54, 1.807) is 16.2 Å². The summed E-state index contributed by atoms with van der Waals surface area (Å²) in [5.41, 5.74) is 2.64. The zero-order chi connectivity index (χ0) is 14.1. The molecule has 5 nitrogen and oxygen atoms in total. The predicted molar refractivity (Wildman–Crippen MR) is 89.1 cm³/mol. The first kappa shape index (κ1) is 16.5. The SMILES string of the molecule is CN(Cc1ccc(Br)s1)C(=O)c1n[nH]c2c1CNCC2.Cl. The maximum atomic E-state index is 12.5. The minimum absolute atomic E-state index is 0. The van der Waals surface area contributed by atoms with Crippen LogP contribution in [0, 0.1) is 0 Å². The number of nitrogens with zero attached hydrogens (tertiary/aromatic N) is 2. The van der Waals surface area contributed by atoms with E-state index in [9.17, 15) is 4.79 Å². The Balaban J connectivity index is 0.00000161. The number of carbonyl (C=O) groups is 1. The molecule has 1 aliphatic heterocycles. The van der Waals surface area contributed by atoms with Gasteiger partial charge in [0.1, 0.15) is 0 Å². The quantitative estimate of drug-likeness (QED) is 0.845. The van der Waals surface area contributed by atoms with Crippen molar-refractivity contribution in [1.29, 1.82) is 0 Å². The summed E-state index contributed by atoms with van der Waals surface area (Å²) in [6.07, 6.45) is 0.900. The van der Waals surface area contributed by atoms with Gasteiger partial charge >= 0.3 is 0 Å². The molecule has 21 heavy (non-hydrogen) atoms. The van der Waals surface area contributed by atoms with Gasteiger partial charge in [-0.2, -0.15) is 5.10 Å². The van der Waals surface area contributed by atoms with Crippen LogP contribution in [0.25, 0.3) is 0 Å². The Morgan fingerprint density at radius 1 is 1.52 bits per heavy atom. The van der Waals surface area contributed by atoms with Crippen molar-refractivity contribution < 1.29 is 4.79 Å². The van der Waals surface area contributed by atoms with Crippen molar-refractivity contribution in [3.8, 4) is 0 Å². The number of thiophene rings is 1. The molecule has 2 aromatic rings. The molecule has 0 atom stereocenters. The van der Waals surface area contributed by atoms with Crippen LogP contribution in [-0.2, 0) is 19.5 Å². The summed E-state index contributed by atoms with van der Waals surface area (Å²) in [4.78, 5) is 15.4. The lowest BCUT2D eigenvalue weighted by Crippen LogP contribution is -2.29. The molecule has 2 N–H and O–H groups in total. The fourth-order valence-corrected chi connectivity index (χ4v) is 3.86. The molecule has 0 spiro atoms. The number of nitrogens with one attached hydrogen (secondary N) is 2. The second kappa shape index (κ2) is 6.91. The highest BCUT2D eigenvalue weighted by Gasteiger charge is 2.24. The molecule has 0 aromatic carbocycles. The largest absolute Gasteiger partial charge is 0.335 e. The minimum Gasteiger partial charge on any atom is -0.335 e. The normalized spacial score (nSPS) is 13.4. The molecule has 8 heteroatoms. The minimum atomic E-state index is -0.0317. The summed E-state index contributed by atoms with van der Waals surface area (Å²) < 4.78 is 1.08. The summed E-state index contributed by atoms with van der Waals surface area (Å²) in [7, 11) is 1.81. The van der Waals surface area contributed by atoms with Gasteiger partial charge in [-0.25, -0.2) is 0 Å². The fraction of sp³-hybridized carbons (Fsp3) is 0.385. The number of hydrogen-bond donors (Lipinski definition) is 2. The first-order valence-electron chi connectivity index (χ1n) is 6.41. The van der Waals surface area contributed by atoms with Gasteiger partial charge in [-0.15, -0.1) is 23.7 Å². The van der Waals surface area contributed by atoms with E-state index in [4.69, 9.17) is 0 Å². The van der Waals surface area contributed by atoms with Crippen molar-refractivity contribution in [2.75, 3.05) is 13.6 Å². The molecule has 1 amide bonds. The lowest BCUT2D eigenvalue weighted by Gasteiger charge is -2.17. The average molecular weight is 392 g/mol. The number of amides is 1. The number of fused-ring (bicyclic) bond motifs is 1. The molecule has 0 bridgehead atoms. The maximum absolute atomic E-state index is 12.5. The Bertz CT molecular complexity index is 642. The van der Waals surface area contributed by atoms with E-state index < -0.39 is 0 Å². The number of aromatic amines is 1. The van der Waals surface area contributed by atoms with E-state index in [0.717, 1.165) is 32.9 Å². The summed E-state index contributed by atoms with van der Waals surface area (Å²) in [6, 6.07) is 4.03. The van der Waals surface area contributed by atoms with E-state index in [1.807, 2.05) is 19.2 Å². The van der Waals surface area contributed by atoms with Crippen LogP contribution in [0.3, 0.4) is 0 Å². The van der Waals surface area contributed by atoms with Gasteiger partial charge in [-0.05, 0) is 28.1 Å². The highest BCUT2D eigenvalue weighted by atomic mass is 79.9. The first-order valence-corrected chi connectivity index (χ1v) is 8.02. The third kappa shape index (κ3) is 3.48. The lowest BCUT2D eigenvalue weighted by atomic mass is 10.1. The number of H-pyrrole nitrogens is 1. The van der Waals surface area contributed by atoms with Crippen molar-refractivity contribution in [3.05, 3.63) is 37.7 Å².